The fourth-order valence-electron chi connectivity index (χ4n) is 3.21. The molecule has 1 N–H and O–H groups in total. The minimum Gasteiger partial charge on any atom is -0.355 e. The zero-order chi connectivity index (χ0) is 19.4. The molecule has 0 radical (unpaired) electrons. The van der Waals surface area contributed by atoms with E-state index in [2.05, 4.69) is 5.32 Å². The van der Waals surface area contributed by atoms with Crippen LogP contribution in [0.2, 0.25) is 0 Å². The van der Waals surface area contributed by atoms with Gasteiger partial charge in [0.15, 0.2) is 9.84 Å². The monoisotopic (exact) mass is 391 g/mol. The van der Waals surface area contributed by atoms with E-state index < -0.39 is 38.5 Å². The number of rotatable bonds is 6. The van der Waals surface area contributed by atoms with Gasteiger partial charge in [0, 0.05) is 6.54 Å². The Labute approximate surface area is 152 Å². The largest absolute Gasteiger partial charge is 0.416 e. The van der Waals surface area contributed by atoms with Crippen LogP contribution in [0.25, 0.3) is 0 Å². The summed E-state index contributed by atoms with van der Waals surface area (Å²) < 4.78 is 64.0. The molecule has 1 fully saturated rings. The first-order valence-corrected chi connectivity index (χ1v) is 10.5. The van der Waals surface area contributed by atoms with Crippen molar-refractivity contribution in [2.75, 3.05) is 6.54 Å². The van der Waals surface area contributed by atoms with Gasteiger partial charge in [-0.1, -0.05) is 37.5 Å². The summed E-state index contributed by atoms with van der Waals surface area (Å²) in [6.45, 7) is 1.64. The summed E-state index contributed by atoms with van der Waals surface area (Å²) in [6, 6.07) is 4.54. The molecule has 26 heavy (non-hydrogen) atoms. The zero-order valence-electron chi connectivity index (χ0n) is 14.7. The minimum atomic E-state index is -4.64. The molecular formula is C18H24F3NO3S. The second kappa shape index (κ2) is 8.41. The molecule has 1 saturated carbocycles. The number of carbonyl (C=O) groups is 1. The van der Waals surface area contributed by atoms with Crippen molar-refractivity contribution in [1.29, 1.82) is 0 Å². The van der Waals surface area contributed by atoms with Gasteiger partial charge in [0.05, 0.1) is 11.3 Å². The summed E-state index contributed by atoms with van der Waals surface area (Å²) >= 11 is 0. The zero-order valence-corrected chi connectivity index (χ0v) is 15.5. The number of benzene rings is 1. The summed E-state index contributed by atoms with van der Waals surface area (Å²) in [4.78, 5) is 12.2. The van der Waals surface area contributed by atoms with Gasteiger partial charge in [0.1, 0.15) is 5.25 Å². The van der Waals surface area contributed by atoms with Crippen molar-refractivity contribution in [3.63, 3.8) is 0 Å². The lowest BCUT2D eigenvalue weighted by Crippen LogP contribution is -2.40. The number of alkyl halides is 3. The number of amides is 1. The maximum Gasteiger partial charge on any atom is 0.416 e. The molecule has 1 aliphatic rings. The van der Waals surface area contributed by atoms with Crippen LogP contribution >= 0.6 is 0 Å². The highest BCUT2D eigenvalue weighted by Crippen LogP contribution is 2.33. The first-order chi connectivity index (χ1) is 12.1. The van der Waals surface area contributed by atoms with Gasteiger partial charge in [-0.2, -0.15) is 13.2 Å². The normalized spacial score (nSPS) is 17.7. The van der Waals surface area contributed by atoms with Crippen LogP contribution in [0.1, 0.15) is 50.2 Å². The highest BCUT2D eigenvalue weighted by Gasteiger charge is 2.36. The molecule has 0 heterocycles. The van der Waals surface area contributed by atoms with E-state index in [0.717, 1.165) is 37.8 Å². The lowest BCUT2D eigenvalue weighted by atomic mass is 9.89. The van der Waals surface area contributed by atoms with Gasteiger partial charge >= 0.3 is 6.18 Å². The Hall–Kier alpha value is -1.57. The van der Waals surface area contributed by atoms with E-state index in [0.29, 0.717) is 12.5 Å². The molecule has 0 saturated heterocycles. The van der Waals surface area contributed by atoms with E-state index in [9.17, 15) is 26.4 Å². The molecule has 146 valence electrons. The van der Waals surface area contributed by atoms with Gasteiger partial charge in [-0.15, -0.1) is 0 Å². The number of nitrogens with one attached hydrogen (secondary N) is 1. The first kappa shape index (κ1) is 20.7. The maximum absolute atomic E-state index is 13.0. The van der Waals surface area contributed by atoms with Crippen LogP contribution in [0, 0.1) is 5.92 Å². The Bertz CT molecular complexity index is 725. The number of hydrogen-bond acceptors (Lipinski definition) is 3. The van der Waals surface area contributed by atoms with E-state index in [1.807, 2.05) is 0 Å². The highest BCUT2D eigenvalue weighted by atomic mass is 32.2. The van der Waals surface area contributed by atoms with E-state index >= 15 is 0 Å². The Morgan fingerprint density at radius 1 is 1.19 bits per heavy atom. The standard InChI is InChI=1S/C18H24F3NO3S/c1-13(17(23)22-11-14-7-3-2-4-8-14)26(24,25)12-15-9-5-6-10-16(15)18(19,20)21/h5-6,9-10,13-14H,2-4,7-8,11-12H2,1H3,(H,22,23)/t13-/m1/s1. The van der Waals surface area contributed by atoms with E-state index in [4.69, 9.17) is 0 Å². The van der Waals surface area contributed by atoms with Crippen LogP contribution < -0.4 is 5.32 Å². The van der Waals surface area contributed by atoms with Crippen molar-refractivity contribution in [2.24, 2.45) is 5.92 Å². The predicted octanol–water partition coefficient (Wildman–Crippen LogP) is 3.71. The lowest BCUT2D eigenvalue weighted by Gasteiger charge is -2.23. The van der Waals surface area contributed by atoms with Gasteiger partial charge in [0.25, 0.3) is 0 Å². The van der Waals surface area contributed by atoms with Crippen molar-refractivity contribution in [3.8, 4) is 0 Å². The molecular weight excluding hydrogens is 367 g/mol. The fraction of sp³-hybridized carbons (Fsp3) is 0.611. The smallest absolute Gasteiger partial charge is 0.355 e. The molecule has 0 unspecified atom stereocenters. The second-order valence-electron chi connectivity index (χ2n) is 6.85. The van der Waals surface area contributed by atoms with Gasteiger partial charge in [-0.25, -0.2) is 8.42 Å². The third kappa shape index (κ3) is 5.46. The van der Waals surface area contributed by atoms with Gasteiger partial charge in [-0.3, -0.25) is 4.79 Å². The Morgan fingerprint density at radius 2 is 1.81 bits per heavy atom. The molecule has 1 atom stereocenters. The third-order valence-corrected chi connectivity index (χ3v) is 6.88. The lowest BCUT2D eigenvalue weighted by molar-refractivity contribution is -0.138. The van der Waals surface area contributed by atoms with Gasteiger partial charge in [-0.05, 0) is 37.3 Å². The SMILES string of the molecule is C[C@H](C(=O)NCC1CCCCC1)S(=O)(=O)Cc1ccccc1C(F)(F)F. The number of sulfone groups is 1. The average molecular weight is 391 g/mol. The molecule has 0 aromatic heterocycles. The number of carbonyl (C=O) groups excluding carboxylic acids is 1. The molecule has 1 aromatic carbocycles. The quantitative estimate of drug-likeness (QED) is 0.804. The molecule has 4 nitrogen and oxygen atoms in total. The number of halogens is 3. The van der Waals surface area contributed by atoms with Crippen LogP contribution in [-0.2, 0) is 26.6 Å². The van der Waals surface area contributed by atoms with E-state index in [1.165, 1.54) is 25.5 Å². The summed E-state index contributed by atoms with van der Waals surface area (Å²) in [6.07, 6.45) is 0.735. The van der Waals surface area contributed by atoms with Crippen LogP contribution in [0.3, 0.4) is 0 Å². The van der Waals surface area contributed by atoms with Crippen molar-refractivity contribution < 1.29 is 26.4 Å². The topological polar surface area (TPSA) is 63.2 Å². The van der Waals surface area contributed by atoms with E-state index in [-0.39, 0.29) is 5.56 Å². The van der Waals surface area contributed by atoms with Crippen LogP contribution in [0.5, 0.6) is 0 Å². The van der Waals surface area contributed by atoms with Crippen LogP contribution in [0.4, 0.5) is 13.2 Å². The fourth-order valence-corrected chi connectivity index (χ4v) is 4.55. The van der Waals surface area contributed by atoms with Crippen molar-refractivity contribution in [1.82, 2.24) is 5.32 Å². The minimum absolute atomic E-state index is 0.341. The maximum atomic E-state index is 13.0. The molecule has 0 bridgehead atoms. The Balaban J connectivity index is 2.03. The molecule has 1 aromatic rings. The molecule has 2 rings (SSSR count). The second-order valence-corrected chi connectivity index (χ2v) is 9.18. The number of hydrogen-bond donors (Lipinski definition) is 1. The first-order valence-electron chi connectivity index (χ1n) is 8.75. The van der Waals surface area contributed by atoms with Gasteiger partial charge < -0.3 is 5.32 Å². The van der Waals surface area contributed by atoms with E-state index in [1.54, 1.807) is 0 Å². The van der Waals surface area contributed by atoms with Crippen LogP contribution in [-0.4, -0.2) is 26.1 Å². The molecule has 8 heteroatoms. The molecule has 1 amide bonds. The molecule has 0 spiro atoms. The average Bonchev–Trinajstić information content (AvgIpc) is 2.59. The summed E-state index contributed by atoms with van der Waals surface area (Å²) in [7, 11) is -4.06. The molecule has 0 aliphatic heterocycles. The van der Waals surface area contributed by atoms with Crippen molar-refractivity contribution in [3.05, 3.63) is 35.4 Å². The highest BCUT2D eigenvalue weighted by molar-refractivity contribution is 7.92. The third-order valence-electron chi connectivity index (χ3n) is 4.88. The van der Waals surface area contributed by atoms with Crippen molar-refractivity contribution >= 4 is 15.7 Å². The Morgan fingerprint density at radius 3 is 2.42 bits per heavy atom. The molecule has 1 aliphatic carbocycles. The van der Waals surface area contributed by atoms with Crippen LogP contribution in [0.15, 0.2) is 24.3 Å². The summed E-state index contributed by atoms with van der Waals surface area (Å²) in [5.41, 5.74) is -1.33. The predicted molar refractivity (Wildman–Crippen MR) is 93.1 cm³/mol. The Kier molecular flexibility index (Phi) is 6.71. The summed E-state index contributed by atoms with van der Waals surface area (Å²) in [5, 5.41) is 1.25. The van der Waals surface area contributed by atoms with Gasteiger partial charge in [0.2, 0.25) is 5.91 Å². The summed E-state index contributed by atoms with van der Waals surface area (Å²) in [5.74, 6) is -1.13. The van der Waals surface area contributed by atoms with Crippen molar-refractivity contribution in [2.45, 2.75) is 56.2 Å².